The maximum absolute atomic E-state index is 12.0. The van der Waals surface area contributed by atoms with Gasteiger partial charge in [-0.1, -0.05) is 12.1 Å². The van der Waals surface area contributed by atoms with Gasteiger partial charge in [-0.25, -0.2) is 0 Å². The predicted molar refractivity (Wildman–Crippen MR) is 74.7 cm³/mol. The summed E-state index contributed by atoms with van der Waals surface area (Å²) in [5.74, 6) is -1.78. The van der Waals surface area contributed by atoms with Gasteiger partial charge >= 0.3 is 12.3 Å². The van der Waals surface area contributed by atoms with E-state index in [0.717, 1.165) is 12.1 Å². The molecule has 6 nitrogen and oxygen atoms in total. The molecule has 1 atom stereocenters. The fourth-order valence-electron chi connectivity index (χ4n) is 1.62. The smallest absolute Gasteiger partial charge is 0.480 e. The van der Waals surface area contributed by atoms with Gasteiger partial charge in [-0.05, 0) is 31.7 Å². The van der Waals surface area contributed by atoms with E-state index in [1.165, 1.54) is 31.0 Å². The van der Waals surface area contributed by atoms with Crippen molar-refractivity contribution in [2.24, 2.45) is 0 Å². The van der Waals surface area contributed by atoms with Crippen LogP contribution in [0.15, 0.2) is 24.3 Å². The maximum Gasteiger partial charge on any atom is 0.573 e. The molecule has 1 aromatic rings. The molecule has 0 radical (unpaired) electrons. The number of carboxylic acid groups (broad SMARTS) is 1. The topological polar surface area (TPSA) is 78.9 Å². The molecule has 1 unspecified atom stereocenters. The molecule has 0 saturated heterocycles. The zero-order valence-electron chi connectivity index (χ0n) is 12.6. The molecule has 23 heavy (non-hydrogen) atoms. The Morgan fingerprint density at radius 2 is 1.87 bits per heavy atom. The van der Waals surface area contributed by atoms with E-state index in [1.807, 2.05) is 0 Å². The highest BCUT2D eigenvalue weighted by molar-refractivity contribution is 5.79. The van der Waals surface area contributed by atoms with Crippen molar-refractivity contribution in [3.05, 3.63) is 29.8 Å². The molecule has 0 saturated carbocycles. The minimum absolute atomic E-state index is 0.108. The van der Waals surface area contributed by atoms with Crippen LogP contribution < -0.4 is 10.1 Å². The third-order valence-electron chi connectivity index (χ3n) is 3.06. The summed E-state index contributed by atoms with van der Waals surface area (Å²) in [7, 11) is 1.50. The molecule has 0 spiro atoms. The first kappa shape index (κ1) is 18.8. The molecule has 0 bridgehead atoms. The molecule has 128 valence electrons. The summed E-state index contributed by atoms with van der Waals surface area (Å²) in [5.41, 5.74) is 0.585. The Morgan fingerprint density at radius 3 is 2.35 bits per heavy atom. The number of ether oxygens (including phenoxy) is 1. The third-order valence-corrected chi connectivity index (χ3v) is 3.06. The predicted octanol–water partition coefficient (Wildman–Crippen LogP) is 1.61. The van der Waals surface area contributed by atoms with Crippen LogP contribution in [0.5, 0.6) is 5.75 Å². The highest BCUT2D eigenvalue weighted by Crippen LogP contribution is 2.22. The van der Waals surface area contributed by atoms with Crippen molar-refractivity contribution in [2.45, 2.75) is 25.9 Å². The number of hydrogen-bond acceptors (Lipinski definition) is 4. The van der Waals surface area contributed by atoms with Crippen LogP contribution in [0.4, 0.5) is 13.2 Å². The Bertz CT molecular complexity index is 546. The first-order chi connectivity index (χ1) is 10.6. The lowest BCUT2D eigenvalue weighted by atomic mass is 10.2. The third kappa shape index (κ3) is 7.00. The van der Waals surface area contributed by atoms with E-state index in [1.54, 1.807) is 0 Å². The number of likely N-dealkylation sites (N-methyl/N-ethyl adjacent to an activating group) is 1. The number of rotatable bonds is 7. The molecule has 9 heteroatoms. The second-order valence-electron chi connectivity index (χ2n) is 4.90. The minimum atomic E-state index is -4.75. The summed E-state index contributed by atoms with van der Waals surface area (Å²) in [6, 6.07) is 4.27. The van der Waals surface area contributed by atoms with Crippen molar-refractivity contribution in [1.82, 2.24) is 10.2 Å². The molecule has 0 aliphatic carbocycles. The number of alkyl halides is 3. The van der Waals surface area contributed by atoms with Crippen LogP contribution in [0.3, 0.4) is 0 Å². The Balaban J connectivity index is 2.46. The average molecular weight is 334 g/mol. The van der Waals surface area contributed by atoms with E-state index in [0.29, 0.717) is 5.56 Å². The number of carboxylic acids is 1. The number of benzene rings is 1. The lowest BCUT2D eigenvalue weighted by molar-refractivity contribution is -0.274. The Morgan fingerprint density at radius 1 is 1.30 bits per heavy atom. The molecule has 0 aliphatic rings. The van der Waals surface area contributed by atoms with Gasteiger partial charge < -0.3 is 15.2 Å². The zero-order chi connectivity index (χ0) is 17.6. The standard InChI is InChI=1S/C14H17F3N2O4/c1-9(13(21)22)19(2)8-12(20)18-7-10-3-5-11(6-4-10)23-14(15,16)17/h3-6,9H,7-8H2,1-2H3,(H,18,20)(H,21,22). The largest absolute Gasteiger partial charge is 0.573 e. The summed E-state index contributed by atoms with van der Waals surface area (Å²) in [6.07, 6.45) is -4.75. The van der Waals surface area contributed by atoms with Crippen molar-refractivity contribution in [2.75, 3.05) is 13.6 Å². The van der Waals surface area contributed by atoms with Gasteiger partial charge in [0.2, 0.25) is 5.91 Å². The number of nitrogens with zero attached hydrogens (tertiary/aromatic N) is 1. The zero-order valence-corrected chi connectivity index (χ0v) is 12.6. The number of amides is 1. The Hall–Kier alpha value is -2.29. The summed E-state index contributed by atoms with van der Waals surface area (Å²) in [5, 5.41) is 11.4. The quantitative estimate of drug-likeness (QED) is 0.792. The Kier molecular flexibility index (Phi) is 6.38. The van der Waals surface area contributed by atoms with Gasteiger partial charge in [0.25, 0.3) is 0 Å². The van der Waals surface area contributed by atoms with Crippen molar-refractivity contribution in [3.8, 4) is 5.75 Å². The van der Waals surface area contributed by atoms with Crippen LogP contribution in [-0.4, -0.2) is 47.9 Å². The second kappa shape index (κ2) is 7.82. The van der Waals surface area contributed by atoms with E-state index >= 15 is 0 Å². The number of hydrogen-bond donors (Lipinski definition) is 2. The first-order valence-electron chi connectivity index (χ1n) is 6.63. The first-order valence-corrected chi connectivity index (χ1v) is 6.63. The second-order valence-corrected chi connectivity index (χ2v) is 4.90. The number of carbonyl (C=O) groups excluding carboxylic acids is 1. The average Bonchev–Trinajstić information content (AvgIpc) is 2.43. The molecular formula is C14H17F3N2O4. The van der Waals surface area contributed by atoms with E-state index in [9.17, 15) is 22.8 Å². The van der Waals surface area contributed by atoms with Crippen LogP contribution in [-0.2, 0) is 16.1 Å². The van der Waals surface area contributed by atoms with Crippen LogP contribution in [0.1, 0.15) is 12.5 Å². The normalized spacial score (nSPS) is 12.8. The summed E-state index contributed by atoms with van der Waals surface area (Å²) < 4.78 is 39.8. The maximum atomic E-state index is 12.0. The molecule has 0 heterocycles. The monoisotopic (exact) mass is 334 g/mol. The lowest BCUT2D eigenvalue weighted by Gasteiger charge is -2.20. The highest BCUT2D eigenvalue weighted by Gasteiger charge is 2.30. The van der Waals surface area contributed by atoms with Crippen LogP contribution in [0, 0.1) is 0 Å². The van der Waals surface area contributed by atoms with Crippen LogP contribution >= 0.6 is 0 Å². The van der Waals surface area contributed by atoms with Gasteiger partial charge in [0.05, 0.1) is 6.54 Å². The summed E-state index contributed by atoms with van der Waals surface area (Å²) >= 11 is 0. The number of carbonyl (C=O) groups is 2. The number of aliphatic carboxylic acids is 1. The van der Waals surface area contributed by atoms with E-state index in [-0.39, 0.29) is 18.8 Å². The highest BCUT2D eigenvalue weighted by atomic mass is 19.4. The minimum Gasteiger partial charge on any atom is -0.480 e. The van der Waals surface area contributed by atoms with E-state index in [4.69, 9.17) is 5.11 Å². The molecule has 1 rings (SSSR count). The van der Waals surface area contributed by atoms with Crippen LogP contribution in [0.2, 0.25) is 0 Å². The van der Waals surface area contributed by atoms with Gasteiger partial charge in [-0.15, -0.1) is 13.2 Å². The van der Waals surface area contributed by atoms with Gasteiger partial charge in [-0.3, -0.25) is 14.5 Å². The van der Waals surface area contributed by atoms with E-state index in [2.05, 4.69) is 10.1 Å². The molecule has 1 amide bonds. The number of nitrogens with one attached hydrogen (secondary N) is 1. The molecule has 1 aromatic carbocycles. The fourth-order valence-corrected chi connectivity index (χ4v) is 1.62. The molecule has 0 aromatic heterocycles. The van der Waals surface area contributed by atoms with Crippen molar-refractivity contribution < 1.29 is 32.6 Å². The number of halogens is 3. The lowest BCUT2D eigenvalue weighted by Crippen LogP contribution is -2.42. The van der Waals surface area contributed by atoms with Crippen molar-refractivity contribution >= 4 is 11.9 Å². The van der Waals surface area contributed by atoms with E-state index < -0.39 is 24.3 Å². The molecular weight excluding hydrogens is 317 g/mol. The SMILES string of the molecule is CC(C(=O)O)N(C)CC(=O)NCc1ccc(OC(F)(F)F)cc1. The van der Waals surface area contributed by atoms with Gasteiger partial charge in [0.15, 0.2) is 0 Å². The van der Waals surface area contributed by atoms with Crippen LogP contribution in [0.25, 0.3) is 0 Å². The fraction of sp³-hybridized carbons (Fsp3) is 0.429. The summed E-state index contributed by atoms with van der Waals surface area (Å²) in [6.45, 7) is 1.46. The van der Waals surface area contributed by atoms with Crippen molar-refractivity contribution in [3.63, 3.8) is 0 Å². The Labute approximate surface area is 130 Å². The van der Waals surface area contributed by atoms with Gasteiger partial charge in [-0.2, -0.15) is 0 Å². The molecule has 0 fully saturated rings. The van der Waals surface area contributed by atoms with Gasteiger partial charge in [0, 0.05) is 6.54 Å². The summed E-state index contributed by atoms with van der Waals surface area (Å²) in [4.78, 5) is 23.8. The van der Waals surface area contributed by atoms with Crippen molar-refractivity contribution in [1.29, 1.82) is 0 Å². The molecule has 0 aliphatic heterocycles. The van der Waals surface area contributed by atoms with Gasteiger partial charge in [0.1, 0.15) is 11.8 Å². The molecule has 2 N–H and O–H groups in total.